The van der Waals surface area contributed by atoms with Crippen molar-refractivity contribution < 1.29 is 14.3 Å². The van der Waals surface area contributed by atoms with Crippen LogP contribution >= 0.6 is 0 Å². The van der Waals surface area contributed by atoms with Crippen LogP contribution in [0.5, 0.6) is 5.75 Å². The molecule has 1 aliphatic heterocycles. The minimum atomic E-state index is -0.253. The Morgan fingerprint density at radius 1 is 1.38 bits per heavy atom. The van der Waals surface area contributed by atoms with Gasteiger partial charge < -0.3 is 14.8 Å². The van der Waals surface area contributed by atoms with Gasteiger partial charge in [0, 0.05) is 13.2 Å². The van der Waals surface area contributed by atoms with Crippen molar-refractivity contribution in [2.75, 3.05) is 13.2 Å². The van der Waals surface area contributed by atoms with Gasteiger partial charge in [-0.05, 0) is 12.1 Å². The maximum absolute atomic E-state index is 12.5. The number of hydrogen-bond donors (Lipinski definition) is 1. The molecule has 1 aliphatic rings. The van der Waals surface area contributed by atoms with Crippen molar-refractivity contribution in [3.63, 3.8) is 0 Å². The van der Waals surface area contributed by atoms with E-state index in [9.17, 15) is 4.79 Å². The Morgan fingerprint density at radius 2 is 2.29 bits per heavy atom. The van der Waals surface area contributed by atoms with Crippen LogP contribution < -0.4 is 10.1 Å². The fourth-order valence-corrected chi connectivity index (χ4v) is 2.63. The van der Waals surface area contributed by atoms with Crippen molar-refractivity contribution in [2.24, 2.45) is 7.05 Å². The van der Waals surface area contributed by atoms with Crippen LogP contribution in [0.3, 0.4) is 0 Å². The zero-order valence-corrected chi connectivity index (χ0v) is 13.0. The number of ether oxygens (including phenoxy) is 2. The molecule has 0 unspecified atom stereocenters. The van der Waals surface area contributed by atoms with Gasteiger partial charge in [-0.15, -0.1) is 10.2 Å². The van der Waals surface area contributed by atoms with E-state index in [0.717, 1.165) is 0 Å². The van der Waals surface area contributed by atoms with E-state index in [1.807, 2.05) is 7.05 Å². The number of fused-ring (bicyclic) bond motifs is 1. The molecule has 2 atom stereocenters. The highest BCUT2D eigenvalue weighted by atomic mass is 16.5. The largest absolute Gasteiger partial charge is 0.482 e. The molecule has 1 amide bonds. The minimum absolute atomic E-state index is 0.194. The summed E-state index contributed by atoms with van der Waals surface area (Å²) >= 11 is 0. The van der Waals surface area contributed by atoms with Crippen LogP contribution in [0.1, 0.15) is 10.4 Å². The van der Waals surface area contributed by atoms with E-state index >= 15 is 0 Å². The molecular weight excluding hydrogens is 312 g/mol. The number of nitrogens with zero attached hydrogens (tertiary/aromatic N) is 5. The number of carbonyl (C=O) groups is 1. The number of carbonyl (C=O) groups excluding carboxylic acids is 1. The second kappa shape index (κ2) is 5.93. The zero-order chi connectivity index (χ0) is 16.5. The smallest absolute Gasteiger partial charge is 0.253 e. The van der Waals surface area contributed by atoms with Gasteiger partial charge in [-0.25, -0.2) is 0 Å². The summed E-state index contributed by atoms with van der Waals surface area (Å²) in [6.45, 7) is 0.829. The van der Waals surface area contributed by atoms with Crippen molar-refractivity contribution in [1.29, 1.82) is 0 Å². The third kappa shape index (κ3) is 2.81. The Kier molecular flexibility index (Phi) is 3.62. The van der Waals surface area contributed by atoms with Gasteiger partial charge in [-0.2, -0.15) is 5.10 Å². The number of aromatic nitrogens is 5. The predicted molar refractivity (Wildman–Crippen MR) is 82.7 cm³/mol. The van der Waals surface area contributed by atoms with Crippen LogP contribution in [0.4, 0.5) is 0 Å². The highest BCUT2D eigenvalue weighted by Gasteiger charge is 2.32. The first-order valence-electron chi connectivity index (χ1n) is 7.52. The van der Waals surface area contributed by atoms with E-state index in [0.29, 0.717) is 30.2 Å². The van der Waals surface area contributed by atoms with E-state index < -0.39 is 0 Å². The number of aryl methyl sites for hydroxylation is 1. The number of pyridine rings is 1. The van der Waals surface area contributed by atoms with E-state index in [2.05, 4.69) is 20.6 Å². The molecule has 4 rings (SSSR count). The zero-order valence-electron chi connectivity index (χ0n) is 13.0. The molecule has 3 aromatic heterocycles. The second-order valence-electron chi connectivity index (χ2n) is 5.64. The van der Waals surface area contributed by atoms with Crippen LogP contribution in [-0.2, 0) is 11.8 Å². The first kappa shape index (κ1) is 14.6. The van der Waals surface area contributed by atoms with Crippen LogP contribution in [0.2, 0.25) is 0 Å². The standard InChI is InChI=1S/C15H16N6O3/c1-20-6-11(4-17-20)24-13-8-23-7-12(13)18-15(22)10-2-3-14-19-16-9-21(14)5-10/h2-6,9,12-13H,7-8H2,1H3,(H,18,22)/t12-,13+/m0/s1. The highest BCUT2D eigenvalue weighted by Crippen LogP contribution is 2.16. The second-order valence-corrected chi connectivity index (χ2v) is 5.64. The third-order valence-electron chi connectivity index (χ3n) is 3.87. The summed E-state index contributed by atoms with van der Waals surface area (Å²) in [5.74, 6) is 0.457. The van der Waals surface area contributed by atoms with Gasteiger partial charge in [0.2, 0.25) is 0 Å². The molecule has 9 heteroatoms. The van der Waals surface area contributed by atoms with Crippen LogP contribution in [0, 0.1) is 0 Å². The third-order valence-corrected chi connectivity index (χ3v) is 3.87. The van der Waals surface area contributed by atoms with E-state index in [-0.39, 0.29) is 18.1 Å². The van der Waals surface area contributed by atoms with Gasteiger partial charge in [-0.3, -0.25) is 13.9 Å². The first-order valence-corrected chi connectivity index (χ1v) is 7.52. The maximum atomic E-state index is 12.5. The summed E-state index contributed by atoms with van der Waals surface area (Å²) in [5.41, 5.74) is 1.21. The number of nitrogens with one attached hydrogen (secondary N) is 1. The average Bonchev–Trinajstić information content (AvgIpc) is 3.29. The fraction of sp³-hybridized carbons (Fsp3) is 0.333. The minimum Gasteiger partial charge on any atom is -0.482 e. The molecule has 4 heterocycles. The van der Waals surface area contributed by atoms with Gasteiger partial charge >= 0.3 is 0 Å². The molecule has 1 fully saturated rings. The van der Waals surface area contributed by atoms with Crippen molar-refractivity contribution >= 4 is 11.6 Å². The van der Waals surface area contributed by atoms with E-state index in [4.69, 9.17) is 9.47 Å². The lowest BCUT2D eigenvalue weighted by Crippen LogP contribution is -2.45. The molecule has 124 valence electrons. The Bertz CT molecular complexity index is 873. The molecule has 1 saturated heterocycles. The van der Waals surface area contributed by atoms with Crippen LogP contribution in [-0.4, -0.2) is 55.6 Å². The van der Waals surface area contributed by atoms with Crippen LogP contribution in [0.15, 0.2) is 37.1 Å². The molecule has 24 heavy (non-hydrogen) atoms. The lowest BCUT2D eigenvalue weighted by atomic mass is 10.2. The van der Waals surface area contributed by atoms with Gasteiger partial charge in [-0.1, -0.05) is 0 Å². The molecule has 0 bridgehead atoms. The summed E-state index contributed by atoms with van der Waals surface area (Å²) in [7, 11) is 1.82. The molecule has 3 aromatic rings. The molecule has 0 radical (unpaired) electrons. The molecule has 9 nitrogen and oxygen atoms in total. The molecule has 0 spiro atoms. The average molecular weight is 328 g/mol. The lowest BCUT2D eigenvalue weighted by Gasteiger charge is -2.19. The SMILES string of the molecule is Cn1cc(O[C@@H]2COC[C@@H]2NC(=O)c2ccc3nncn3c2)cn1. The topological polar surface area (TPSA) is 95.6 Å². The normalized spacial score (nSPS) is 20.4. The Morgan fingerprint density at radius 3 is 3.12 bits per heavy atom. The van der Waals surface area contributed by atoms with Crippen molar-refractivity contribution in [3.8, 4) is 5.75 Å². The van der Waals surface area contributed by atoms with E-state index in [1.165, 1.54) is 0 Å². The lowest BCUT2D eigenvalue weighted by molar-refractivity contribution is 0.0903. The van der Waals surface area contributed by atoms with Crippen molar-refractivity contribution in [1.82, 2.24) is 29.7 Å². The predicted octanol–water partition coefficient (Wildman–Crippen LogP) is 0.0390. The Balaban J connectivity index is 1.45. The molecular formula is C15H16N6O3. The Hall–Kier alpha value is -2.94. The molecule has 0 aliphatic carbocycles. The summed E-state index contributed by atoms with van der Waals surface area (Å²) in [6, 6.07) is 3.23. The maximum Gasteiger partial charge on any atom is 0.253 e. The summed E-state index contributed by atoms with van der Waals surface area (Å²) in [4.78, 5) is 12.5. The molecule has 1 N–H and O–H groups in total. The van der Waals surface area contributed by atoms with Gasteiger partial charge in [0.1, 0.15) is 12.4 Å². The van der Waals surface area contributed by atoms with Crippen molar-refractivity contribution in [2.45, 2.75) is 12.1 Å². The molecule has 0 saturated carbocycles. The Labute approximate surface area is 137 Å². The summed E-state index contributed by atoms with van der Waals surface area (Å²) in [5, 5.41) is 14.7. The van der Waals surface area contributed by atoms with Crippen LogP contribution in [0.25, 0.3) is 5.65 Å². The fourth-order valence-electron chi connectivity index (χ4n) is 2.63. The monoisotopic (exact) mass is 328 g/mol. The van der Waals surface area contributed by atoms with Gasteiger partial charge in [0.25, 0.3) is 5.91 Å². The van der Waals surface area contributed by atoms with Gasteiger partial charge in [0.15, 0.2) is 11.4 Å². The van der Waals surface area contributed by atoms with E-state index in [1.54, 1.807) is 46.1 Å². The quantitative estimate of drug-likeness (QED) is 0.726. The number of hydrogen-bond acceptors (Lipinski definition) is 6. The number of amides is 1. The summed E-state index contributed by atoms with van der Waals surface area (Å²) < 4.78 is 14.7. The number of rotatable bonds is 4. The summed E-state index contributed by atoms with van der Waals surface area (Å²) in [6.07, 6.45) is 6.40. The first-order chi connectivity index (χ1) is 11.7. The van der Waals surface area contributed by atoms with Gasteiger partial charge in [0.05, 0.1) is 37.2 Å². The highest BCUT2D eigenvalue weighted by molar-refractivity contribution is 5.94. The molecule has 0 aromatic carbocycles. The van der Waals surface area contributed by atoms with Crippen molar-refractivity contribution in [3.05, 3.63) is 42.6 Å².